The smallest absolute Gasteiger partial charge is 0.0124 e. The van der Waals surface area contributed by atoms with E-state index in [0.29, 0.717) is 18.0 Å². The third-order valence-electron chi connectivity index (χ3n) is 5.42. The lowest BCUT2D eigenvalue weighted by Crippen LogP contribution is -2.56. The Kier molecular flexibility index (Phi) is 4.48. The van der Waals surface area contributed by atoms with Gasteiger partial charge in [0.2, 0.25) is 0 Å². The van der Waals surface area contributed by atoms with E-state index in [2.05, 4.69) is 25.7 Å². The minimum atomic E-state index is 0.419. The van der Waals surface area contributed by atoms with Gasteiger partial charge in [0.05, 0.1) is 0 Å². The van der Waals surface area contributed by atoms with Crippen LogP contribution in [0.5, 0.6) is 0 Å². The summed E-state index contributed by atoms with van der Waals surface area (Å²) in [7, 11) is 0. The number of likely N-dealkylation sites (tertiary alicyclic amines) is 1. The fraction of sp³-hybridized carbons (Fsp3) is 1.00. The lowest BCUT2D eigenvalue weighted by Gasteiger charge is -2.47. The fourth-order valence-corrected chi connectivity index (χ4v) is 3.86. The van der Waals surface area contributed by atoms with Crippen molar-refractivity contribution in [2.45, 2.75) is 77.4 Å². The first-order chi connectivity index (χ1) is 8.11. The number of piperidine rings is 1. The predicted molar refractivity (Wildman–Crippen MR) is 74.0 cm³/mol. The average Bonchev–Trinajstić information content (AvgIpc) is 2.52. The summed E-state index contributed by atoms with van der Waals surface area (Å²) in [5.41, 5.74) is 6.20. The van der Waals surface area contributed by atoms with Gasteiger partial charge in [-0.2, -0.15) is 0 Å². The molecule has 1 aliphatic heterocycles. The van der Waals surface area contributed by atoms with Crippen molar-refractivity contribution in [3.63, 3.8) is 0 Å². The Hall–Kier alpha value is -0.0800. The first kappa shape index (κ1) is 13.4. The highest BCUT2D eigenvalue weighted by Crippen LogP contribution is 2.32. The molecule has 0 amide bonds. The zero-order chi connectivity index (χ0) is 12.4. The summed E-state index contributed by atoms with van der Waals surface area (Å²) in [6, 6.07) is 1.91. The molecular formula is C15H30N2. The Morgan fingerprint density at radius 1 is 0.941 bits per heavy atom. The Balaban J connectivity index is 2.04. The van der Waals surface area contributed by atoms with E-state index in [1.165, 1.54) is 45.1 Å². The van der Waals surface area contributed by atoms with Crippen molar-refractivity contribution in [2.75, 3.05) is 6.54 Å². The molecule has 0 aromatic rings. The van der Waals surface area contributed by atoms with Gasteiger partial charge in [0.1, 0.15) is 0 Å². The van der Waals surface area contributed by atoms with Crippen molar-refractivity contribution in [3.05, 3.63) is 0 Å². The number of hydrogen-bond donors (Lipinski definition) is 1. The topological polar surface area (TPSA) is 29.3 Å². The van der Waals surface area contributed by atoms with E-state index in [1.807, 2.05) is 0 Å². The number of hydrogen-bond acceptors (Lipinski definition) is 2. The van der Waals surface area contributed by atoms with Crippen LogP contribution < -0.4 is 5.73 Å². The molecule has 1 saturated heterocycles. The molecule has 17 heavy (non-hydrogen) atoms. The van der Waals surface area contributed by atoms with Gasteiger partial charge in [-0.15, -0.1) is 0 Å². The first-order valence-corrected chi connectivity index (χ1v) is 7.62. The predicted octanol–water partition coefficient (Wildman–Crippen LogP) is 3.01. The summed E-state index contributed by atoms with van der Waals surface area (Å²) in [5, 5.41) is 0. The van der Waals surface area contributed by atoms with Crippen molar-refractivity contribution < 1.29 is 0 Å². The largest absolute Gasteiger partial charge is 0.327 e. The quantitative estimate of drug-likeness (QED) is 0.712. The molecule has 5 unspecified atom stereocenters. The molecule has 0 radical (unpaired) electrons. The molecule has 1 saturated carbocycles. The SMILES string of the molecule is CC1CCCCCC1N1CCC(N)C(C)C1C. The molecule has 1 heterocycles. The number of nitrogens with two attached hydrogens (primary N) is 1. The van der Waals surface area contributed by atoms with Gasteiger partial charge in [-0.3, -0.25) is 4.90 Å². The Morgan fingerprint density at radius 3 is 2.41 bits per heavy atom. The minimum absolute atomic E-state index is 0.419. The van der Waals surface area contributed by atoms with Gasteiger partial charge in [-0.25, -0.2) is 0 Å². The zero-order valence-corrected chi connectivity index (χ0v) is 11.9. The van der Waals surface area contributed by atoms with Crippen molar-refractivity contribution in [3.8, 4) is 0 Å². The molecule has 2 aliphatic rings. The monoisotopic (exact) mass is 238 g/mol. The molecule has 5 atom stereocenters. The molecule has 2 heteroatoms. The molecule has 1 aliphatic carbocycles. The van der Waals surface area contributed by atoms with Crippen molar-refractivity contribution in [2.24, 2.45) is 17.6 Å². The average molecular weight is 238 g/mol. The maximum atomic E-state index is 6.20. The van der Waals surface area contributed by atoms with Gasteiger partial charge >= 0.3 is 0 Å². The first-order valence-electron chi connectivity index (χ1n) is 7.62. The molecule has 2 fully saturated rings. The van der Waals surface area contributed by atoms with E-state index >= 15 is 0 Å². The molecule has 2 N–H and O–H groups in total. The van der Waals surface area contributed by atoms with Crippen LogP contribution in [0.25, 0.3) is 0 Å². The van der Waals surface area contributed by atoms with E-state index in [1.54, 1.807) is 0 Å². The van der Waals surface area contributed by atoms with Crippen molar-refractivity contribution >= 4 is 0 Å². The summed E-state index contributed by atoms with van der Waals surface area (Å²) in [4.78, 5) is 2.78. The number of nitrogens with zero attached hydrogens (tertiary/aromatic N) is 1. The van der Waals surface area contributed by atoms with Crippen LogP contribution in [0.1, 0.15) is 59.3 Å². The van der Waals surface area contributed by atoms with Gasteiger partial charge in [0.15, 0.2) is 0 Å². The molecule has 0 bridgehead atoms. The van der Waals surface area contributed by atoms with E-state index in [0.717, 1.165) is 12.0 Å². The standard InChI is InChI=1S/C15H30N2/c1-11-7-5-4-6-8-15(11)17-10-9-14(16)12(2)13(17)3/h11-15H,4-10,16H2,1-3H3. The van der Waals surface area contributed by atoms with Crippen molar-refractivity contribution in [1.29, 1.82) is 0 Å². The molecule has 0 spiro atoms. The lowest BCUT2D eigenvalue weighted by molar-refractivity contribution is 0.0306. The van der Waals surface area contributed by atoms with Gasteiger partial charge in [0, 0.05) is 24.7 Å². The fourth-order valence-electron chi connectivity index (χ4n) is 3.86. The molecule has 0 aromatic carbocycles. The van der Waals surface area contributed by atoms with Gasteiger partial charge in [-0.05, 0) is 38.0 Å². The van der Waals surface area contributed by atoms with Crippen LogP contribution >= 0.6 is 0 Å². The van der Waals surface area contributed by atoms with Gasteiger partial charge in [0.25, 0.3) is 0 Å². The maximum absolute atomic E-state index is 6.20. The highest BCUT2D eigenvalue weighted by Gasteiger charge is 2.36. The zero-order valence-electron chi connectivity index (χ0n) is 11.9. The summed E-state index contributed by atoms with van der Waals surface area (Å²) in [5.74, 6) is 1.53. The Labute approximate surface area is 107 Å². The second kappa shape index (κ2) is 5.71. The molecular weight excluding hydrogens is 208 g/mol. The van der Waals surface area contributed by atoms with Gasteiger partial charge in [-0.1, -0.05) is 33.1 Å². The van der Waals surface area contributed by atoms with Crippen LogP contribution in [-0.2, 0) is 0 Å². The number of rotatable bonds is 1. The Morgan fingerprint density at radius 2 is 1.65 bits per heavy atom. The molecule has 2 rings (SSSR count). The highest BCUT2D eigenvalue weighted by atomic mass is 15.2. The maximum Gasteiger partial charge on any atom is 0.0124 e. The van der Waals surface area contributed by atoms with Crippen LogP contribution in [0.4, 0.5) is 0 Å². The van der Waals surface area contributed by atoms with E-state index in [4.69, 9.17) is 5.73 Å². The second-order valence-electron chi connectivity index (χ2n) is 6.47. The molecule has 0 aromatic heterocycles. The highest BCUT2D eigenvalue weighted by molar-refractivity contribution is 4.92. The summed E-state index contributed by atoms with van der Waals surface area (Å²) in [6.45, 7) is 8.41. The summed E-state index contributed by atoms with van der Waals surface area (Å²) in [6.07, 6.45) is 8.34. The van der Waals surface area contributed by atoms with Gasteiger partial charge < -0.3 is 5.73 Å². The second-order valence-corrected chi connectivity index (χ2v) is 6.47. The van der Waals surface area contributed by atoms with Crippen LogP contribution in [0, 0.1) is 11.8 Å². The minimum Gasteiger partial charge on any atom is -0.327 e. The Bertz CT molecular complexity index is 241. The van der Waals surface area contributed by atoms with Crippen molar-refractivity contribution in [1.82, 2.24) is 4.90 Å². The van der Waals surface area contributed by atoms with Crippen LogP contribution in [0.3, 0.4) is 0 Å². The third-order valence-corrected chi connectivity index (χ3v) is 5.42. The summed E-state index contributed by atoms with van der Waals surface area (Å²) < 4.78 is 0. The summed E-state index contributed by atoms with van der Waals surface area (Å²) >= 11 is 0. The van der Waals surface area contributed by atoms with E-state index < -0.39 is 0 Å². The van der Waals surface area contributed by atoms with E-state index in [9.17, 15) is 0 Å². The third kappa shape index (κ3) is 2.85. The molecule has 100 valence electrons. The molecule has 2 nitrogen and oxygen atoms in total. The van der Waals surface area contributed by atoms with E-state index in [-0.39, 0.29) is 0 Å². The van der Waals surface area contributed by atoms with Crippen LogP contribution in [0.2, 0.25) is 0 Å². The normalized spacial score (nSPS) is 45.5. The van der Waals surface area contributed by atoms with Crippen LogP contribution in [0.15, 0.2) is 0 Å². The lowest BCUT2D eigenvalue weighted by atomic mass is 9.84. The van der Waals surface area contributed by atoms with Crippen LogP contribution in [-0.4, -0.2) is 29.6 Å².